The number of carbonyl (C=O) groups excluding carboxylic acids is 1. The van der Waals surface area contributed by atoms with Gasteiger partial charge in [0.15, 0.2) is 0 Å². The number of para-hydroxylation sites is 1. The van der Waals surface area contributed by atoms with Gasteiger partial charge in [-0.05, 0) is 36.1 Å². The topological polar surface area (TPSA) is 91.0 Å². The predicted molar refractivity (Wildman–Crippen MR) is 112 cm³/mol. The summed E-state index contributed by atoms with van der Waals surface area (Å²) >= 11 is 0. The highest BCUT2D eigenvalue weighted by Gasteiger charge is 2.25. The van der Waals surface area contributed by atoms with Gasteiger partial charge in [-0.25, -0.2) is 9.78 Å². The van der Waals surface area contributed by atoms with E-state index in [2.05, 4.69) is 34.1 Å². The Kier molecular flexibility index (Phi) is 5.12. The van der Waals surface area contributed by atoms with E-state index in [1.807, 2.05) is 30.3 Å². The molecule has 148 valence electrons. The van der Waals surface area contributed by atoms with Crippen molar-refractivity contribution in [1.29, 1.82) is 0 Å². The Labute approximate surface area is 168 Å². The number of rotatable bonds is 3. The molecule has 2 amide bonds. The maximum atomic E-state index is 12.9. The van der Waals surface area contributed by atoms with Crippen molar-refractivity contribution in [3.8, 4) is 11.4 Å². The molecule has 0 saturated carbocycles. The van der Waals surface area contributed by atoms with Crippen LogP contribution < -0.4 is 10.9 Å². The first-order valence-electron chi connectivity index (χ1n) is 9.70. The summed E-state index contributed by atoms with van der Waals surface area (Å²) < 4.78 is 0. The molecule has 0 radical (unpaired) electrons. The molecule has 0 unspecified atom stereocenters. The normalized spacial score (nSPS) is 13.3. The zero-order valence-electron chi connectivity index (χ0n) is 16.5. The van der Waals surface area contributed by atoms with Gasteiger partial charge >= 0.3 is 6.03 Å². The molecular weight excluding hydrogens is 366 g/mol. The van der Waals surface area contributed by atoms with Gasteiger partial charge in [-0.2, -0.15) is 0 Å². The van der Waals surface area contributed by atoms with E-state index in [0.29, 0.717) is 42.5 Å². The highest BCUT2D eigenvalue weighted by atomic mass is 16.2. The summed E-state index contributed by atoms with van der Waals surface area (Å²) in [6.45, 7) is 4.96. The number of H-pyrrole nitrogens is 1. The molecule has 0 fully saturated rings. The number of anilines is 1. The Bertz CT molecular complexity index is 1090. The van der Waals surface area contributed by atoms with E-state index in [1.165, 1.54) is 0 Å². The second-order valence-electron chi connectivity index (χ2n) is 7.43. The number of urea groups is 1. The van der Waals surface area contributed by atoms with E-state index in [4.69, 9.17) is 0 Å². The lowest BCUT2D eigenvalue weighted by atomic mass is 10.0. The second-order valence-corrected chi connectivity index (χ2v) is 7.43. The van der Waals surface area contributed by atoms with E-state index >= 15 is 0 Å². The van der Waals surface area contributed by atoms with Crippen molar-refractivity contribution in [2.45, 2.75) is 32.7 Å². The van der Waals surface area contributed by atoms with E-state index < -0.39 is 0 Å². The molecule has 3 aromatic rings. The Morgan fingerprint density at radius 3 is 2.79 bits per heavy atom. The maximum absolute atomic E-state index is 12.9. The van der Waals surface area contributed by atoms with Crippen LogP contribution in [0.3, 0.4) is 0 Å². The molecular formula is C22H23N5O2. The predicted octanol–water partition coefficient (Wildman–Crippen LogP) is 3.55. The number of aromatic amines is 1. The zero-order chi connectivity index (χ0) is 20.4. The minimum Gasteiger partial charge on any atom is -0.318 e. The van der Waals surface area contributed by atoms with E-state index in [-0.39, 0.29) is 11.6 Å². The molecule has 1 aliphatic heterocycles. The lowest BCUT2D eigenvalue weighted by Crippen LogP contribution is -2.41. The highest BCUT2D eigenvalue weighted by molar-refractivity contribution is 5.90. The molecule has 7 heteroatoms. The van der Waals surface area contributed by atoms with Crippen LogP contribution in [0.15, 0.2) is 53.6 Å². The molecule has 0 aliphatic carbocycles. The molecule has 2 aromatic heterocycles. The molecule has 0 atom stereocenters. The molecule has 4 rings (SSSR count). The summed E-state index contributed by atoms with van der Waals surface area (Å²) in [6, 6.07) is 11.3. The first-order valence-corrected chi connectivity index (χ1v) is 9.70. The van der Waals surface area contributed by atoms with E-state index in [9.17, 15) is 9.59 Å². The smallest absolute Gasteiger partial charge is 0.318 e. The average Bonchev–Trinajstić information content (AvgIpc) is 2.74. The number of carbonyl (C=O) groups is 1. The first kappa shape index (κ1) is 18.9. The van der Waals surface area contributed by atoms with Crippen molar-refractivity contribution in [1.82, 2.24) is 19.9 Å². The van der Waals surface area contributed by atoms with Gasteiger partial charge in [-0.3, -0.25) is 9.78 Å². The summed E-state index contributed by atoms with van der Waals surface area (Å²) in [5.41, 5.74) is 3.76. The second kappa shape index (κ2) is 7.87. The minimum atomic E-state index is -0.186. The first-order chi connectivity index (χ1) is 14.0. The molecule has 0 bridgehead atoms. The number of nitrogens with zero attached hydrogens (tertiary/aromatic N) is 3. The van der Waals surface area contributed by atoms with Crippen LogP contribution in [-0.4, -0.2) is 32.4 Å². The molecule has 1 aliphatic rings. The Morgan fingerprint density at radius 2 is 2.03 bits per heavy atom. The van der Waals surface area contributed by atoms with Crippen molar-refractivity contribution < 1.29 is 4.79 Å². The van der Waals surface area contributed by atoms with Crippen LogP contribution in [0.1, 0.15) is 36.6 Å². The quantitative estimate of drug-likeness (QED) is 0.717. The lowest BCUT2D eigenvalue weighted by Gasteiger charge is -2.28. The summed E-state index contributed by atoms with van der Waals surface area (Å²) in [6.07, 6.45) is 3.80. The van der Waals surface area contributed by atoms with Gasteiger partial charge in [-0.1, -0.05) is 32.0 Å². The fourth-order valence-electron chi connectivity index (χ4n) is 3.56. The number of amides is 2. The molecule has 3 heterocycles. The largest absolute Gasteiger partial charge is 0.322 e. The molecule has 7 nitrogen and oxygen atoms in total. The Balaban J connectivity index is 1.58. The van der Waals surface area contributed by atoms with E-state index in [0.717, 1.165) is 16.8 Å². The van der Waals surface area contributed by atoms with Crippen LogP contribution in [-0.2, 0) is 13.0 Å². The van der Waals surface area contributed by atoms with Crippen LogP contribution in [0.5, 0.6) is 0 Å². The van der Waals surface area contributed by atoms with Gasteiger partial charge in [0.05, 0.1) is 12.2 Å². The molecule has 2 N–H and O–H groups in total. The Hall–Kier alpha value is -3.48. The van der Waals surface area contributed by atoms with Crippen LogP contribution in [0.2, 0.25) is 0 Å². The SMILES string of the molecule is CC(C)c1ccccc1NC(=O)N1CCc2c(nc(-c3cccnc3)[nH]c2=O)C1. The van der Waals surface area contributed by atoms with Crippen molar-refractivity contribution in [2.24, 2.45) is 0 Å². The van der Waals surface area contributed by atoms with Crippen LogP contribution in [0.25, 0.3) is 11.4 Å². The van der Waals surface area contributed by atoms with Crippen LogP contribution >= 0.6 is 0 Å². The number of fused-ring (bicyclic) bond motifs is 1. The average molecular weight is 389 g/mol. The molecule has 29 heavy (non-hydrogen) atoms. The third-order valence-corrected chi connectivity index (χ3v) is 5.12. The lowest BCUT2D eigenvalue weighted by molar-refractivity contribution is 0.205. The minimum absolute atomic E-state index is 0.154. The van der Waals surface area contributed by atoms with Crippen LogP contribution in [0, 0.1) is 0 Å². The molecule has 1 aromatic carbocycles. The number of aromatic nitrogens is 3. The van der Waals surface area contributed by atoms with Crippen molar-refractivity contribution in [3.63, 3.8) is 0 Å². The standard InChI is InChI=1S/C22H23N5O2/c1-14(2)16-7-3-4-8-18(16)25-22(29)27-11-9-17-19(13-27)24-20(26-21(17)28)15-6-5-10-23-12-15/h3-8,10,12,14H,9,11,13H2,1-2H3,(H,25,29)(H,24,26,28). The van der Waals surface area contributed by atoms with Gasteiger partial charge in [0.1, 0.15) is 5.82 Å². The van der Waals surface area contributed by atoms with Crippen molar-refractivity contribution in [3.05, 3.63) is 76.0 Å². The van der Waals surface area contributed by atoms with Gasteiger partial charge in [0.25, 0.3) is 5.56 Å². The monoisotopic (exact) mass is 389 g/mol. The molecule has 0 saturated heterocycles. The van der Waals surface area contributed by atoms with E-state index in [1.54, 1.807) is 23.4 Å². The van der Waals surface area contributed by atoms with Crippen LogP contribution in [0.4, 0.5) is 10.5 Å². The van der Waals surface area contributed by atoms with Crippen molar-refractivity contribution in [2.75, 3.05) is 11.9 Å². The fourth-order valence-corrected chi connectivity index (χ4v) is 3.56. The van der Waals surface area contributed by atoms with Gasteiger partial charge in [0, 0.05) is 35.8 Å². The summed E-state index contributed by atoms with van der Waals surface area (Å²) in [5, 5.41) is 3.02. The zero-order valence-corrected chi connectivity index (χ0v) is 16.5. The van der Waals surface area contributed by atoms with Gasteiger partial charge in [0.2, 0.25) is 0 Å². The Morgan fingerprint density at radius 1 is 1.21 bits per heavy atom. The number of hydrogen-bond acceptors (Lipinski definition) is 4. The number of nitrogens with one attached hydrogen (secondary N) is 2. The number of benzene rings is 1. The van der Waals surface area contributed by atoms with Gasteiger partial charge in [-0.15, -0.1) is 0 Å². The third kappa shape index (κ3) is 3.89. The molecule has 0 spiro atoms. The summed E-state index contributed by atoms with van der Waals surface area (Å²) in [5.74, 6) is 0.769. The summed E-state index contributed by atoms with van der Waals surface area (Å²) in [7, 11) is 0. The van der Waals surface area contributed by atoms with Crippen molar-refractivity contribution >= 4 is 11.7 Å². The summed E-state index contributed by atoms with van der Waals surface area (Å²) in [4.78, 5) is 38.6. The number of pyridine rings is 1. The highest BCUT2D eigenvalue weighted by Crippen LogP contribution is 2.25. The fraction of sp³-hybridized carbons (Fsp3) is 0.273. The maximum Gasteiger partial charge on any atom is 0.322 e. The number of hydrogen-bond donors (Lipinski definition) is 2. The van der Waals surface area contributed by atoms with Gasteiger partial charge < -0.3 is 15.2 Å². The third-order valence-electron chi connectivity index (χ3n) is 5.12.